The topological polar surface area (TPSA) is 50.8 Å². The SMILES string of the molecule is N#Cc1nn(C2CCCCO2)cc1[B-](F)(F)F.[K+]. The third kappa shape index (κ3) is 3.59. The normalized spacial score (nSPS) is 20.0. The summed E-state index contributed by atoms with van der Waals surface area (Å²) in [6.07, 6.45) is 2.80. The van der Waals surface area contributed by atoms with Crippen LogP contribution in [0.1, 0.15) is 31.2 Å². The van der Waals surface area contributed by atoms with Crippen LogP contribution in [0.15, 0.2) is 6.20 Å². The maximum absolute atomic E-state index is 12.6. The second-order valence-electron chi connectivity index (χ2n) is 3.92. The van der Waals surface area contributed by atoms with Crippen LogP contribution < -0.4 is 56.8 Å². The van der Waals surface area contributed by atoms with Crippen molar-refractivity contribution in [3.8, 4) is 6.07 Å². The van der Waals surface area contributed by atoms with Gasteiger partial charge in [0.25, 0.3) is 0 Å². The van der Waals surface area contributed by atoms with Gasteiger partial charge in [-0.2, -0.15) is 10.4 Å². The minimum Gasteiger partial charge on any atom is -0.445 e. The van der Waals surface area contributed by atoms with Crippen molar-refractivity contribution in [1.82, 2.24) is 9.78 Å². The summed E-state index contributed by atoms with van der Waals surface area (Å²) in [6.45, 7) is -4.70. The van der Waals surface area contributed by atoms with E-state index < -0.39 is 24.4 Å². The fourth-order valence-corrected chi connectivity index (χ4v) is 1.81. The van der Waals surface area contributed by atoms with E-state index in [-0.39, 0.29) is 51.4 Å². The van der Waals surface area contributed by atoms with Gasteiger partial charge in [-0.3, -0.25) is 0 Å². The van der Waals surface area contributed by atoms with E-state index in [0.717, 1.165) is 23.7 Å². The summed E-state index contributed by atoms with van der Waals surface area (Å²) < 4.78 is 44.3. The van der Waals surface area contributed by atoms with Gasteiger partial charge in [-0.15, -0.1) is 0 Å². The quantitative estimate of drug-likeness (QED) is 0.622. The molecule has 0 aromatic carbocycles. The van der Waals surface area contributed by atoms with E-state index in [1.165, 1.54) is 6.07 Å². The molecule has 1 fully saturated rings. The predicted octanol–water partition coefficient (Wildman–Crippen LogP) is -1.49. The van der Waals surface area contributed by atoms with Crippen molar-refractivity contribution in [3.05, 3.63) is 11.9 Å². The first-order chi connectivity index (χ1) is 8.02. The van der Waals surface area contributed by atoms with Crippen LogP contribution in [0, 0.1) is 11.3 Å². The van der Waals surface area contributed by atoms with E-state index in [2.05, 4.69) is 5.10 Å². The fourth-order valence-electron chi connectivity index (χ4n) is 1.81. The van der Waals surface area contributed by atoms with E-state index in [1.807, 2.05) is 0 Å². The minimum atomic E-state index is -5.21. The Labute approximate surface area is 145 Å². The van der Waals surface area contributed by atoms with Gasteiger partial charge in [0.15, 0.2) is 0 Å². The average molecular weight is 283 g/mol. The molecular formula is C9H10BF3KN3O. The van der Waals surface area contributed by atoms with Gasteiger partial charge in [-0.1, -0.05) is 5.46 Å². The molecule has 0 saturated carbocycles. The van der Waals surface area contributed by atoms with Gasteiger partial charge in [0.05, 0.1) is 0 Å². The zero-order chi connectivity index (χ0) is 12.5. The zero-order valence-corrected chi connectivity index (χ0v) is 13.1. The van der Waals surface area contributed by atoms with E-state index >= 15 is 0 Å². The first kappa shape index (κ1) is 16.2. The van der Waals surface area contributed by atoms with Crippen LogP contribution in [-0.2, 0) is 4.74 Å². The Balaban J connectivity index is 0.00000162. The number of nitrogens with zero attached hydrogens (tertiary/aromatic N) is 3. The molecule has 0 spiro atoms. The molecule has 2 rings (SSSR count). The summed E-state index contributed by atoms with van der Waals surface area (Å²) in [5, 5.41) is 12.3. The molecule has 1 aliphatic heterocycles. The van der Waals surface area contributed by atoms with E-state index in [9.17, 15) is 12.9 Å². The molecule has 0 aliphatic carbocycles. The van der Waals surface area contributed by atoms with Crippen LogP contribution in [0.2, 0.25) is 0 Å². The van der Waals surface area contributed by atoms with Gasteiger partial charge in [-0.05, 0) is 19.3 Å². The molecule has 18 heavy (non-hydrogen) atoms. The number of ether oxygens (including phenoxy) is 1. The summed E-state index contributed by atoms with van der Waals surface area (Å²) in [6, 6.07) is 1.47. The molecule has 9 heteroatoms. The van der Waals surface area contributed by atoms with Crippen LogP contribution in [0.4, 0.5) is 12.9 Å². The Morgan fingerprint density at radius 1 is 1.44 bits per heavy atom. The molecule has 1 aromatic heterocycles. The number of halogens is 3. The van der Waals surface area contributed by atoms with Crippen LogP contribution in [0.3, 0.4) is 0 Å². The number of rotatable bonds is 2. The van der Waals surface area contributed by atoms with Gasteiger partial charge in [0.2, 0.25) is 0 Å². The van der Waals surface area contributed by atoms with E-state index in [4.69, 9.17) is 10.00 Å². The van der Waals surface area contributed by atoms with E-state index in [1.54, 1.807) is 0 Å². The summed E-state index contributed by atoms with van der Waals surface area (Å²) in [5.74, 6) is 0. The molecule has 0 N–H and O–H groups in total. The standard InChI is InChI=1S/C9H10BF3N3O.K/c11-10(12,13)7-6-16(15-8(7)5-14)9-3-1-2-4-17-9;/h6,9H,1-4H2;/q-1;+1. The molecule has 1 aliphatic rings. The predicted molar refractivity (Wildman–Crippen MR) is 54.5 cm³/mol. The second kappa shape index (κ2) is 6.54. The molecular weight excluding hydrogens is 273 g/mol. The van der Waals surface area contributed by atoms with Crippen LogP contribution >= 0.6 is 0 Å². The Bertz CT molecular complexity index is 451. The van der Waals surface area contributed by atoms with Crippen molar-refractivity contribution in [2.24, 2.45) is 0 Å². The second-order valence-corrected chi connectivity index (χ2v) is 3.92. The molecule has 0 amide bonds. The number of hydrogen-bond acceptors (Lipinski definition) is 3. The summed E-state index contributed by atoms with van der Waals surface area (Å²) in [5.41, 5.74) is -1.52. The monoisotopic (exact) mass is 283 g/mol. The van der Waals surface area contributed by atoms with Crippen LogP contribution in [-0.4, -0.2) is 23.4 Å². The van der Waals surface area contributed by atoms with Crippen molar-refractivity contribution in [2.45, 2.75) is 25.5 Å². The first-order valence-electron chi connectivity index (χ1n) is 5.33. The maximum atomic E-state index is 12.6. The molecule has 2 heterocycles. The average Bonchev–Trinajstić information content (AvgIpc) is 2.74. The van der Waals surface area contributed by atoms with Gasteiger partial charge in [0, 0.05) is 12.8 Å². The van der Waals surface area contributed by atoms with Crippen molar-refractivity contribution in [2.75, 3.05) is 6.61 Å². The molecule has 0 bridgehead atoms. The Hall–Kier alpha value is 0.151. The molecule has 4 nitrogen and oxygen atoms in total. The van der Waals surface area contributed by atoms with Gasteiger partial charge in [-0.25, -0.2) is 4.68 Å². The smallest absolute Gasteiger partial charge is 0.445 e. The number of hydrogen-bond donors (Lipinski definition) is 0. The summed E-state index contributed by atoms with van der Waals surface area (Å²) in [4.78, 5) is 0. The summed E-state index contributed by atoms with van der Waals surface area (Å²) in [7, 11) is 0. The summed E-state index contributed by atoms with van der Waals surface area (Å²) >= 11 is 0. The van der Waals surface area contributed by atoms with Gasteiger partial charge in [0.1, 0.15) is 18.0 Å². The number of nitriles is 1. The number of aromatic nitrogens is 2. The molecule has 0 radical (unpaired) electrons. The Morgan fingerprint density at radius 3 is 2.61 bits per heavy atom. The fraction of sp³-hybridized carbons (Fsp3) is 0.556. The van der Waals surface area contributed by atoms with Crippen molar-refractivity contribution in [1.29, 1.82) is 5.26 Å². The molecule has 1 saturated heterocycles. The van der Waals surface area contributed by atoms with Crippen molar-refractivity contribution < 1.29 is 69.1 Å². The van der Waals surface area contributed by atoms with Crippen molar-refractivity contribution in [3.63, 3.8) is 0 Å². The third-order valence-electron chi connectivity index (χ3n) is 2.67. The first-order valence-corrected chi connectivity index (χ1v) is 5.33. The molecule has 1 aromatic rings. The minimum absolute atomic E-state index is 0. The zero-order valence-electron chi connectivity index (χ0n) is 9.94. The maximum Gasteiger partial charge on any atom is 1.00 e. The van der Waals surface area contributed by atoms with E-state index in [0.29, 0.717) is 13.0 Å². The van der Waals surface area contributed by atoms with Gasteiger partial charge >= 0.3 is 58.4 Å². The molecule has 92 valence electrons. The largest absolute Gasteiger partial charge is 1.00 e. The van der Waals surface area contributed by atoms with Crippen LogP contribution in [0.25, 0.3) is 0 Å². The Morgan fingerprint density at radius 2 is 2.17 bits per heavy atom. The van der Waals surface area contributed by atoms with Gasteiger partial charge < -0.3 is 17.7 Å². The Kier molecular flexibility index (Phi) is 5.89. The van der Waals surface area contributed by atoms with Crippen molar-refractivity contribution >= 4 is 12.4 Å². The van der Waals surface area contributed by atoms with Crippen LogP contribution in [0.5, 0.6) is 0 Å². The molecule has 1 unspecified atom stereocenters. The third-order valence-corrected chi connectivity index (χ3v) is 2.67. The molecule has 1 atom stereocenters.